The second-order valence-electron chi connectivity index (χ2n) is 2.55. The third kappa shape index (κ3) is 2.37. The molecule has 0 spiro atoms. The van der Waals surface area contributed by atoms with Gasteiger partial charge in [-0.3, -0.25) is 4.98 Å². The standard InChI is InChI=1S/C8H9N3OS/c1-2-11-12-7(1)3-9-4-8-5-10-6-13-8/h1-2,5-6,9H,3-4H2. The van der Waals surface area contributed by atoms with E-state index in [9.17, 15) is 0 Å². The molecule has 0 atom stereocenters. The van der Waals surface area contributed by atoms with Crippen LogP contribution in [0.15, 0.2) is 28.5 Å². The summed E-state index contributed by atoms with van der Waals surface area (Å²) in [5.41, 5.74) is 1.82. The first-order valence-electron chi connectivity index (χ1n) is 3.93. The van der Waals surface area contributed by atoms with Crippen molar-refractivity contribution in [2.45, 2.75) is 13.1 Å². The van der Waals surface area contributed by atoms with Crippen molar-refractivity contribution in [3.8, 4) is 0 Å². The first kappa shape index (κ1) is 8.40. The molecule has 0 unspecified atom stereocenters. The van der Waals surface area contributed by atoms with E-state index in [1.807, 2.05) is 17.8 Å². The maximum Gasteiger partial charge on any atom is 0.150 e. The molecule has 1 N–H and O–H groups in total. The van der Waals surface area contributed by atoms with Gasteiger partial charge in [-0.15, -0.1) is 11.3 Å². The van der Waals surface area contributed by atoms with E-state index >= 15 is 0 Å². The van der Waals surface area contributed by atoms with E-state index in [-0.39, 0.29) is 0 Å². The Morgan fingerprint density at radius 2 is 2.46 bits per heavy atom. The van der Waals surface area contributed by atoms with E-state index in [0.29, 0.717) is 6.54 Å². The van der Waals surface area contributed by atoms with Crippen LogP contribution in [0.25, 0.3) is 0 Å². The van der Waals surface area contributed by atoms with Crippen LogP contribution in [0.4, 0.5) is 0 Å². The van der Waals surface area contributed by atoms with Crippen molar-refractivity contribution in [3.05, 3.63) is 34.6 Å². The number of hydrogen-bond donors (Lipinski definition) is 1. The molecule has 5 heteroatoms. The average Bonchev–Trinajstić information content (AvgIpc) is 2.75. The summed E-state index contributed by atoms with van der Waals surface area (Å²) in [5, 5.41) is 6.84. The van der Waals surface area contributed by atoms with Crippen molar-refractivity contribution in [2.75, 3.05) is 0 Å². The van der Waals surface area contributed by atoms with Gasteiger partial charge in [0.15, 0.2) is 0 Å². The molecule has 4 nitrogen and oxygen atoms in total. The molecule has 13 heavy (non-hydrogen) atoms. The fraction of sp³-hybridized carbons (Fsp3) is 0.250. The van der Waals surface area contributed by atoms with E-state index in [1.54, 1.807) is 17.5 Å². The van der Waals surface area contributed by atoms with Crippen molar-refractivity contribution in [1.82, 2.24) is 15.5 Å². The predicted molar refractivity (Wildman–Crippen MR) is 49.2 cm³/mol. The summed E-state index contributed by atoms with van der Waals surface area (Å²) in [4.78, 5) is 5.20. The average molecular weight is 195 g/mol. The van der Waals surface area contributed by atoms with Gasteiger partial charge >= 0.3 is 0 Å². The minimum absolute atomic E-state index is 0.706. The van der Waals surface area contributed by atoms with Crippen molar-refractivity contribution < 1.29 is 4.52 Å². The van der Waals surface area contributed by atoms with Crippen LogP contribution in [0, 0.1) is 0 Å². The molecule has 0 saturated heterocycles. The highest BCUT2D eigenvalue weighted by molar-refractivity contribution is 7.09. The zero-order valence-corrected chi connectivity index (χ0v) is 7.75. The molecule has 0 fully saturated rings. The zero-order valence-electron chi connectivity index (χ0n) is 6.93. The van der Waals surface area contributed by atoms with Gasteiger partial charge in [-0.25, -0.2) is 0 Å². The first-order valence-corrected chi connectivity index (χ1v) is 4.81. The SMILES string of the molecule is c1cc(CNCc2cncs2)on1. The summed E-state index contributed by atoms with van der Waals surface area (Å²) in [6, 6.07) is 1.85. The van der Waals surface area contributed by atoms with Crippen molar-refractivity contribution in [2.24, 2.45) is 0 Å². The van der Waals surface area contributed by atoms with Crippen LogP contribution in [0.2, 0.25) is 0 Å². The Bertz CT molecular complexity index is 296. The Labute approximate surface area is 79.6 Å². The third-order valence-corrected chi connectivity index (χ3v) is 2.35. The summed E-state index contributed by atoms with van der Waals surface area (Å²) < 4.78 is 4.93. The highest BCUT2D eigenvalue weighted by Gasteiger charge is 1.97. The Morgan fingerprint density at radius 1 is 1.46 bits per heavy atom. The van der Waals surface area contributed by atoms with Crippen LogP contribution < -0.4 is 5.32 Å². The van der Waals surface area contributed by atoms with Crippen molar-refractivity contribution in [3.63, 3.8) is 0 Å². The second kappa shape index (κ2) is 4.15. The molecule has 2 aromatic heterocycles. The second-order valence-corrected chi connectivity index (χ2v) is 3.52. The number of nitrogens with one attached hydrogen (secondary N) is 1. The monoisotopic (exact) mass is 195 g/mol. The molecule has 0 aliphatic rings. The molecule has 0 aliphatic carbocycles. The van der Waals surface area contributed by atoms with Gasteiger partial charge in [0.05, 0.1) is 18.3 Å². The molecular weight excluding hydrogens is 186 g/mol. The maximum atomic E-state index is 4.93. The van der Waals surface area contributed by atoms with Gasteiger partial charge in [-0.1, -0.05) is 5.16 Å². The Kier molecular flexibility index (Phi) is 2.68. The first-order chi connectivity index (χ1) is 6.45. The summed E-state index contributed by atoms with van der Waals surface area (Å²) in [7, 11) is 0. The molecule has 0 radical (unpaired) electrons. The van der Waals surface area contributed by atoms with Crippen LogP contribution in [0.1, 0.15) is 10.6 Å². The molecule has 2 heterocycles. The summed E-state index contributed by atoms with van der Waals surface area (Å²) in [5.74, 6) is 0.851. The Balaban J connectivity index is 1.76. The van der Waals surface area contributed by atoms with Gasteiger partial charge in [-0.2, -0.15) is 0 Å². The highest BCUT2D eigenvalue weighted by Crippen LogP contribution is 2.04. The lowest BCUT2D eigenvalue weighted by Crippen LogP contribution is -2.10. The number of nitrogens with zero attached hydrogens (tertiary/aromatic N) is 2. The summed E-state index contributed by atoms with van der Waals surface area (Å²) in [6.07, 6.45) is 3.50. The van der Waals surface area contributed by atoms with Crippen LogP contribution in [-0.4, -0.2) is 10.1 Å². The third-order valence-electron chi connectivity index (χ3n) is 1.57. The number of hydrogen-bond acceptors (Lipinski definition) is 5. The largest absolute Gasteiger partial charge is 0.360 e. The lowest BCUT2D eigenvalue weighted by molar-refractivity contribution is 0.373. The van der Waals surface area contributed by atoms with Gasteiger partial charge in [0.2, 0.25) is 0 Å². The quantitative estimate of drug-likeness (QED) is 0.801. The molecule has 0 aliphatic heterocycles. The maximum absolute atomic E-state index is 4.93. The summed E-state index contributed by atoms with van der Waals surface area (Å²) >= 11 is 1.64. The van der Waals surface area contributed by atoms with E-state index in [2.05, 4.69) is 15.5 Å². The van der Waals surface area contributed by atoms with Gasteiger partial charge in [0.1, 0.15) is 5.76 Å². The van der Waals surface area contributed by atoms with Crippen LogP contribution in [0.5, 0.6) is 0 Å². The molecule has 2 aromatic rings. The lowest BCUT2D eigenvalue weighted by Gasteiger charge is -1.97. The number of rotatable bonds is 4. The molecular formula is C8H9N3OS. The normalized spacial score (nSPS) is 10.5. The minimum atomic E-state index is 0.706. The van der Waals surface area contributed by atoms with E-state index in [4.69, 9.17) is 4.52 Å². The van der Waals surface area contributed by atoms with E-state index < -0.39 is 0 Å². The zero-order chi connectivity index (χ0) is 8.93. The predicted octanol–water partition coefficient (Wildman–Crippen LogP) is 1.42. The number of thiazole rings is 1. The topological polar surface area (TPSA) is 51.0 Å². The number of aromatic nitrogens is 2. The molecule has 68 valence electrons. The van der Waals surface area contributed by atoms with Gasteiger partial charge in [-0.05, 0) is 0 Å². The van der Waals surface area contributed by atoms with E-state index in [1.165, 1.54) is 4.88 Å². The van der Waals surface area contributed by atoms with Crippen LogP contribution in [-0.2, 0) is 13.1 Å². The Morgan fingerprint density at radius 3 is 3.15 bits per heavy atom. The van der Waals surface area contributed by atoms with Crippen molar-refractivity contribution >= 4 is 11.3 Å². The fourth-order valence-corrected chi connectivity index (χ4v) is 1.54. The van der Waals surface area contributed by atoms with E-state index in [0.717, 1.165) is 12.3 Å². The van der Waals surface area contributed by atoms with Crippen LogP contribution >= 0.6 is 11.3 Å². The molecule has 0 bridgehead atoms. The molecule has 0 aromatic carbocycles. The minimum Gasteiger partial charge on any atom is -0.360 e. The van der Waals surface area contributed by atoms with Gasteiger partial charge in [0.25, 0.3) is 0 Å². The lowest BCUT2D eigenvalue weighted by atomic mass is 10.4. The summed E-state index contributed by atoms with van der Waals surface area (Å²) in [6.45, 7) is 1.53. The van der Waals surface area contributed by atoms with Gasteiger partial charge in [0, 0.05) is 23.7 Å². The molecule has 0 amide bonds. The molecule has 0 saturated carbocycles. The van der Waals surface area contributed by atoms with Crippen LogP contribution in [0.3, 0.4) is 0 Å². The Hall–Kier alpha value is -1.20. The molecule has 2 rings (SSSR count). The van der Waals surface area contributed by atoms with Crippen molar-refractivity contribution in [1.29, 1.82) is 0 Å². The fourth-order valence-electron chi connectivity index (χ4n) is 0.972. The highest BCUT2D eigenvalue weighted by atomic mass is 32.1. The van der Waals surface area contributed by atoms with Gasteiger partial charge < -0.3 is 9.84 Å². The smallest absolute Gasteiger partial charge is 0.150 e.